The molecule has 20 heavy (non-hydrogen) atoms. The van der Waals surface area contributed by atoms with E-state index in [0.717, 1.165) is 12.4 Å². The molecule has 1 aromatic heterocycles. The molecule has 0 atom stereocenters. The summed E-state index contributed by atoms with van der Waals surface area (Å²) in [6.07, 6.45) is 1.86. The Morgan fingerprint density at radius 3 is 2.45 bits per heavy atom. The molecule has 1 amide bonds. The third-order valence-corrected chi connectivity index (χ3v) is 3.30. The van der Waals surface area contributed by atoms with Gasteiger partial charge in [0.15, 0.2) is 11.9 Å². The van der Waals surface area contributed by atoms with Crippen LogP contribution in [0.25, 0.3) is 0 Å². The molecule has 108 valence electrons. The Morgan fingerprint density at radius 1 is 1.25 bits per heavy atom. The van der Waals surface area contributed by atoms with Gasteiger partial charge in [-0.25, -0.2) is 19.2 Å². The van der Waals surface area contributed by atoms with Crippen molar-refractivity contribution in [2.45, 2.75) is 6.10 Å². The zero-order valence-electron chi connectivity index (χ0n) is 10.9. The van der Waals surface area contributed by atoms with Crippen LogP contribution < -0.4 is 4.90 Å². The van der Waals surface area contributed by atoms with Crippen LogP contribution in [-0.4, -0.2) is 66.5 Å². The van der Waals surface area contributed by atoms with Gasteiger partial charge in [-0.3, -0.25) is 0 Å². The molecule has 1 aromatic rings. The van der Waals surface area contributed by atoms with Gasteiger partial charge in [0.2, 0.25) is 5.95 Å². The first kappa shape index (κ1) is 13.0. The second kappa shape index (κ2) is 5.58. The molecule has 3 heterocycles. The van der Waals surface area contributed by atoms with Gasteiger partial charge in [-0.15, -0.1) is 0 Å². The maximum atomic E-state index is 12.8. The Bertz CT molecular complexity index is 472. The maximum absolute atomic E-state index is 12.8. The summed E-state index contributed by atoms with van der Waals surface area (Å²) in [4.78, 5) is 23.3. The average molecular weight is 282 g/mol. The molecule has 2 aliphatic rings. The van der Waals surface area contributed by atoms with Crippen LogP contribution >= 0.6 is 0 Å². The van der Waals surface area contributed by atoms with E-state index in [1.807, 2.05) is 4.90 Å². The molecular weight excluding hydrogens is 267 g/mol. The summed E-state index contributed by atoms with van der Waals surface area (Å²) >= 11 is 0. The highest BCUT2D eigenvalue weighted by molar-refractivity contribution is 5.68. The molecule has 0 unspecified atom stereocenters. The van der Waals surface area contributed by atoms with Crippen LogP contribution in [0.2, 0.25) is 0 Å². The topological polar surface area (TPSA) is 67.8 Å². The fourth-order valence-corrected chi connectivity index (χ4v) is 2.06. The van der Waals surface area contributed by atoms with E-state index in [-0.39, 0.29) is 12.2 Å². The predicted molar refractivity (Wildman–Crippen MR) is 66.9 cm³/mol. The number of aromatic nitrogens is 2. The number of amides is 1. The van der Waals surface area contributed by atoms with E-state index in [1.54, 1.807) is 4.90 Å². The number of carbonyl (C=O) groups is 1. The normalized spacial score (nSPS) is 19.6. The molecule has 2 saturated heterocycles. The van der Waals surface area contributed by atoms with Crippen molar-refractivity contribution in [3.8, 4) is 0 Å². The molecule has 3 rings (SSSR count). The number of nitrogens with zero attached hydrogens (tertiary/aromatic N) is 4. The Hall–Kier alpha value is -1.96. The van der Waals surface area contributed by atoms with Crippen LogP contribution in [0.5, 0.6) is 0 Å². The third kappa shape index (κ3) is 2.79. The van der Waals surface area contributed by atoms with Gasteiger partial charge < -0.3 is 19.3 Å². The van der Waals surface area contributed by atoms with Crippen LogP contribution in [0.15, 0.2) is 12.4 Å². The molecule has 0 aromatic carbocycles. The van der Waals surface area contributed by atoms with Gasteiger partial charge in [-0.05, 0) is 0 Å². The van der Waals surface area contributed by atoms with Crippen LogP contribution in [0.4, 0.5) is 15.1 Å². The zero-order valence-corrected chi connectivity index (χ0v) is 10.9. The van der Waals surface area contributed by atoms with Gasteiger partial charge in [0, 0.05) is 26.2 Å². The number of carbonyl (C=O) groups excluding carboxylic acids is 1. The van der Waals surface area contributed by atoms with E-state index < -0.39 is 5.82 Å². The maximum Gasteiger partial charge on any atom is 0.410 e. The standard InChI is InChI=1S/C12H15FN4O3/c13-9-5-14-11(15-6-9)16-1-3-17(4-2-16)12(18)20-10-7-19-8-10/h5-6,10H,1-4,7-8H2. The lowest BCUT2D eigenvalue weighted by atomic mass is 10.3. The number of hydrogen-bond acceptors (Lipinski definition) is 6. The van der Waals surface area contributed by atoms with E-state index in [9.17, 15) is 9.18 Å². The first-order chi connectivity index (χ1) is 9.72. The molecule has 0 saturated carbocycles. The van der Waals surface area contributed by atoms with Gasteiger partial charge in [0.25, 0.3) is 0 Å². The summed E-state index contributed by atoms with van der Waals surface area (Å²) in [6.45, 7) is 3.23. The van der Waals surface area contributed by atoms with Crippen LogP contribution in [-0.2, 0) is 9.47 Å². The van der Waals surface area contributed by atoms with Crippen LogP contribution in [0.3, 0.4) is 0 Å². The summed E-state index contributed by atoms with van der Waals surface area (Å²) in [5.74, 6) is 0.0190. The molecule has 2 fully saturated rings. The van der Waals surface area contributed by atoms with Crippen molar-refractivity contribution in [3.05, 3.63) is 18.2 Å². The van der Waals surface area contributed by atoms with Crippen molar-refractivity contribution in [1.29, 1.82) is 0 Å². The summed E-state index contributed by atoms with van der Waals surface area (Å²) in [5.41, 5.74) is 0. The Kier molecular flexibility index (Phi) is 3.64. The third-order valence-electron chi connectivity index (χ3n) is 3.30. The molecule has 0 radical (unpaired) electrons. The van der Waals surface area contributed by atoms with Crippen molar-refractivity contribution in [3.63, 3.8) is 0 Å². The summed E-state index contributed by atoms with van der Waals surface area (Å²) < 4.78 is 23.0. The smallest absolute Gasteiger partial charge is 0.410 e. The molecule has 7 nitrogen and oxygen atoms in total. The van der Waals surface area contributed by atoms with Crippen molar-refractivity contribution in [2.24, 2.45) is 0 Å². The van der Waals surface area contributed by atoms with E-state index in [2.05, 4.69) is 9.97 Å². The largest absolute Gasteiger partial charge is 0.441 e. The number of ether oxygens (including phenoxy) is 2. The average Bonchev–Trinajstić information content (AvgIpc) is 2.44. The van der Waals surface area contributed by atoms with Crippen molar-refractivity contribution in [1.82, 2.24) is 14.9 Å². The number of halogens is 1. The Balaban J connectivity index is 1.51. The second-order valence-electron chi connectivity index (χ2n) is 4.72. The van der Waals surface area contributed by atoms with Crippen molar-refractivity contribution < 1.29 is 18.7 Å². The molecule has 0 aliphatic carbocycles. The first-order valence-electron chi connectivity index (χ1n) is 6.48. The SMILES string of the molecule is O=C(OC1COC1)N1CCN(c2ncc(F)cn2)CC1. The lowest BCUT2D eigenvalue weighted by molar-refractivity contribution is -0.104. The van der Waals surface area contributed by atoms with Gasteiger partial charge >= 0.3 is 6.09 Å². The highest BCUT2D eigenvalue weighted by Crippen LogP contribution is 2.13. The number of hydrogen-bond donors (Lipinski definition) is 0. The fourth-order valence-electron chi connectivity index (χ4n) is 2.06. The predicted octanol–water partition coefficient (Wildman–Crippen LogP) is 0.273. The molecular formula is C12H15FN4O3. The lowest BCUT2D eigenvalue weighted by Crippen LogP contribution is -2.51. The van der Waals surface area contributed by atoms with Crippen molar-refractivity contribution in [2.75, 3.05) is 44.3 Å². The minimum absolute atomic E-state index is 0.110. The number of rotatable bonds is 2. The van der Waals surface area contributed by atoms with Gasteiger partial charge in [-0.1, -0.05) is 0 Å². The molecule has 0 bridgehead atoms. The highest BCUT2D eigenvalue weighted by Gasteiger charge is 2.28. The molecule has 0 spiro atoms. The first-order valence-corrected chi connectivity index (χ1v) is 6.48. The minimum atomic E-state index is -0.460. The number of anilines is 1. The van der Waals surface area contributed by atoms with Crippen LogP contribution in [0, 0.1) is 5.82 Å². The monoisotopic (exact) mass is 282 g/mol. The summed E-state index contributed by atoms with van der Waals surface area (Å²) in [7, 11) is 0. The second-order valence-corrected chi connectivity index (χ2v) is 4.72. The molecule has 8 heteroatoms. The van der Waals surface area contributed by atoms with E-state index in [4.69, 9.17) is 9.47 Å². The summed E-state index contributed by atoms with van der Waals surface area (Å²) in [6, 6.07) is 0. The summed E-state index contributed by atoms with van der Waals surface area (Å²) in [5, 5.41) is 0. The molecule has 0 N–H and O–H groups in total. The fraction of sp³-hybridized carbons (Fsp3) is 0.583. The van der Waals surface area contributed by atoms with Crippen LogP contribution in [0.1, 0.15) is 0 Å². The van der Waals surface area contributed by atoms with E-state index >= 15 is 0 Å². The van der Waals surface area contributed by atoms with Crippen molar-refractivity contribution >= 4 is 12.0 Å². The van der Waals surface area contributed by atoms with E-state index in [0.29, 0.717) is 45.3 Å². The van der Waals surface area contributed by atoms with E-state index in [1.165, 1.54) is 0 Å². The molecule has 2 aliphatic heterocycles. The lowest BCUT2D eigenvalue weighted by Gasteiger charge is -2.35. The quantitative estimate of drug-likeness (QED) is 0.776. The van der Waals surface area contributed by atoms with Gasteiger partial charge in [-0.2, -0.15) is 0 Å². The highest BCUT2D eigenvalue weighted by atomic mass is 19.1. The Labute approximate surface area is 115 Å². The van der Waals surface area contributed by atoms with Gasteiger partial charge in [0.05, 0.1) is 25.6 Å². The zero-order chi connectivity index (χ0) is 13.9. The minimum Gasteiger partial charge on any atom is -0.441 e. The van der Waals surface area contributed by atoms with Gasteiger partial charge in [0.1, 0.15) is 0 Å². The number of piperazine rings is 1. The Morgan fingerprint density at radius 2 is 1.90 bits per heavy atom.